The first-order chi connectivity index (χ1) is 40.7. The zero-order valence-electron chi connectivity index (χ0n) is 45.0. The van der Waals surface area contributed by atoms with E-state index in [4.69, 9.17) is 0 Å². The molecule has 1 heterocycles. The predicted octanol–water partition coefficient (Wildman–Crippen LogP) is 16.9. The van der Waals surface area contributed by atoms with Gasteiger partial charge in [0.25, 0.3) is 0 Å². The van der Waals surface area contributed by atoms with Crippen molar-refractivity contribution in [3.8, 4) is 55.6 Å². The van der Waals surface area contributed by atoms with Crippen molar-refractivity contribution in [3.63, 3.8) is 0 Å². The van der Waals surface area contributed by atoms with Gasteiger partial charge in [0, 0.05) is 17.1 Å². The van der Waals surface area contributed by atoms with E-state index in [1.165, 1.54) is 121 Å². The molecule has 3 aliphatic carbocycles. The highest BCUT2D eigenvalue weighted by atomic mass is 28.3. The van der Waals surface area contributed by atoms with Gasteiger partial charge in [-0.05, 0) is 157 Å². The third-order valence-corrected chi connectivity index (χ3v) is 23.7. The van der Waals surface area contributed by atoms with Gasteiger partial charge in [-0.2, -0.15) is 0 Å². The van der Waals surface area contributed by atoms with E-state index in [2.05, 4.69) is 326 Å². The predicted molar refractivity (Wildman–Crippen MR) is 343 cm³/mol. The van der Waals surface area contributed by atoms with Gasteiger partial charge in [0.1, 0.15) is 0 Å². The zero-order chi connectivity index (χ0) is 54.0. The molecule has 17 rings (SSSR count). The first-order valence-electron chi connectivity index (χ1n) is 28.7. The SMILES string of the molecule is c1ccc(-c2ccc([Si]3(c4cccc(N(c5ccc6c(c5)-c5ccccc5C65c6ccccc6-c6ccccc65)c5ccc6c(c5)C(c5ccccc5)(c5ccccc5)c5ccccc5-6)c4)c4ccccc4-c4ccccc43)cc2)cc1. The summed E-state index contributed by atoms with van der Waals surface area (Å²) in [6.45, 7) is 0. The van der Waals surface area contributed by atoms with E-state index in [9.17, 15) is 0 Å². The van der Waals surface area contributed by atoms with Crippen molar-refractivity contribution in [3.05, 3.63) is 366 Å². The molecule has 2 heteroatoms. The topological polar surface area (TPSA) is 3.24 Å². The van der Waals surface area contributed by atoms with Gasteiger partial charge in [-0.25, -0.2) is 0 Å². The Hall–Kier alpha value is -10.1. The average Bonchev–Trinajstić information content (AvgIpc) is 2.65. The number of rotatable bonds is 8. The Bertz CT molecular complexity index is 4560. The molecule has 82 heavy (non-hydrogen) atoms. The first-order valence-corrected chi connectivity index (χ1v) is 30.7. The number of fused-ring (bicyclic) bond motifs is 16. The molecular formula is C80H53NSi. The Morgan fingerprint density at radius 3 is 1.18 bits per heavy atom. The highest BCUT2D eigenvalue weighted by Gasteiger charge is 2.53. The van der Waals surface area contributed by atoms with Gasteiger partial charge in [0.05, 0.1) is 10.8 Å². The van der Waals surface area contributed by atoms with Gasteiger partial charge in [-0.1, -0.05) is 285 Å². The minimum atomic E-state index is -2.98. The molecule has 1 aliphatic heterocycles. The molecule has 1 spiro atoms. The van der Waals surface area contributed by atoms with Crippen molar-refractivity contribution >= 4 is 45.9 Å². The molecule has 0 amide bonds. The van der Waals surface area contributed by atoms with Gasteiger partial charge in [0.2, 0.25) is 0 Å². The second-order valence-corrected chi connectivity index (χ2v) is 26.3. The maximum atomic E-state index is 2.57. The summed E-state index contributed by atoms with van der Waals surface area (Å²) >= 11 is 0. The molecule has 0 bridgehead atoms. The highest BCUT2D eigenvalue weighted by Crippen LogP contribution is 2.64. The Kier molecular flexibility index (Phi) is 10.2. The molecule has 13 aromatic rings. The second-order valence-electron chi connectivity index (χ2n) is 22.5. The van der Waals surface area contributed by atoms with E-state index in [0.717, 1.165) is 17.1 Å². The van der Waals surface area contributed by atoms with Crippen LogP contribution in [0.5, 0.6) is 0 Å². The number of hydrogen-bond acceptors (Lipinski definition) is 1. The summed E-state index contributed by atoms with van der Waals surface area (Å²) in [6, 6.07) is 122. The molecule has 0 aromatic heterocycles. The Morgan fingerprint density at radius 1 is 0.220 bits per heavy atom. The standard InChI is InChI=1S/C80H53NSi/c1-4-23-54(24-5-1)55-43-47-61(48-44-55)82(77-41-20-14-35-68(77)69-36-15-21-42-78(69)82)62-30-22-29-58(51-62)81(60-45-49-67-65-33-10-16-37-71(65)79(76(67)53-60,56-25-6-2-7-26-56)57-27-8-3-9-28-57)59-46-50-75-70(52-59)66-34-13-19-40-74(66)80(75)72-38-17-11-31-63(72)64-32-12-18-39-73(64)80/h1-53H. The molecular weight excluding hydrogens is 1000 g/mol. The fourth-order valence-electron chi connectivity index (χ4n) is 15.7. The maximum Gasteiger partial charge on any atom is 0.180 e. The number of hydrogen-bond donors (Lipinski definition) is 0. The third kappa shape index (κ3) is 6.27. The van der Waals surface area contributed by atoms with Crippen LogP contribution >= 0.6 is 0 Å². The molecule has 0 saturated carbocycles. The third-order valence-electron chi connectivity index (χ3n) is 18.9. The Morgan fingerprint density at radius 2 is 0.622 bits per heavy atom. The smallest absolute Gasteiger partial charge is 0.180 e. The zero-order valence-corrected chi connectivity index (χ0v) is 46.0. The van der Waals surface area contributed by atoms with Crippen molar-refractivity contribution in [2.24, 2.45) is 0 Å². The van der Waals surface area contributed by atoms with Crippen LogP contribution in [0.3, 0.4) is 0 Å². The molecule has 0 unspecified atom stereocenters. The van der Waals surface area contributed by atoms with Gasteiger partial charge in [-0.3, -0.25) is 0 Å². The quantitative estimate of drug-likeness (QED) is 0.137. The summed E-state index contributed by atoms with van der Waals surface area (Å²) in [7, 11) is -2.98. The van der Waals surface area contributed by atoms with Gasteiger partial charge < -0.3 is 4.90 Å². The van der Waals surface area contributed by atoms with Crippen LogP contribution in [0, 0.1) is 0 Å². The van der Waals surface area contributed by atoms with Gasteiger partial charge >= 0.3 is 0 Å². The summed E-state index contributed by atoms with van der Waals surface area (Å²) in [4.78, 5) is 2.57. The normalized spacial score (nSPS) is 14.4. The molecule has 1 nitrogen and oxygen atoms in total. The molecule has 0 radical (unpaired) electrons. The van der Waals surface area contributed by atoms with Crippen molar-refractivity contribution in [1.29, 1.82) is 0 Å². The lowest BCUT2D eigenvalue weighted by atomic mass is 9.67. The maximum absolute atomic E-state index is 2.98. The Balaban J connectivity index is 0.936. The van der Waals surface area contributed by atoms with Crippen LogP contribution in [0.2, 0.25) is 0 Å². The summed E-state index contributed by atoms with van der Waals surface area (Å²) in [5.74, 6) is 0. The number of anilines is 3. The monoisotopic (exact) mass is 1060 g/mol. The fourth-order valence-corrected chi connectivity index (χ4v) is 20.9. The van der Waals surface area contributed by atoms with Crippen LogP contribution in [0.15, 0.2) is 322 Å². The first kappa shape index (κ1) is 46.8. The minimum absolute atomic E-state index is 0.454. The fraction of sp³-hybridized carbons (Fsp3) is 0.0250. The van der Waals surface area contributed by atoms with Crippen molar-refractivity contribution in [2.75, 3.05) is 4.90 Å². The van der Waals surface area contributed by atoms with Crippen LogP contribution in [-0.2, 0) is 10.8 Å². The summed E-state index contributed by atoms with van der Waals surface area (Å²) < 4.78 is 0. The lowest BCUT2D eigenvalue weighted by Crippen LogP contribution is -2.72. The molecule has 382 valence electrons. The minimum Gasteiger partial charge on any atom is -0.310 e. The second kappa shape index (κ2) is 17.9. The van der Waals surface area contributed by atoms with Crippen LogP contribution < -0.4 is 25.6 Å². The van der Waals surface area contributed by atoms with Gasteiger partial charge in [0.15, 0.2) is 8.07 Å². The molecule has 0 fully saturated rings. The van der Waals surface area contributed by atoms with Crippen molar-refractivity contribution < 1.29 is 0 Å². The number of benzene rings is 13. The van der Waals surface area contributed by atoms with E-state index < -0.39 is 18.9 Å². The van der Waals surface area contributed by atoms with Crippen molar-refractivity contribution in [1.82, 2.24) is 0 Å². The van der Waals surface area contributed by atoms with E-state index in [1.807, 2.05) is 0 Å². The molecule has 4 aliphatic rings. The van der Waals surface area contributed by atoms with Crippen LogP contribution in [0.25, 0.3) is 55.6 Å². The lowest BCUT2D eigenvalue weighted by Gasteiger charge is -2.35. The van der Waals surface area contributed by atoms with E-state index in [-0.39, 0.29) is 0 Å². The summed E-state index contributed by atoms with van der Waals surface area (Å²) in [6.07, 6.45) is 0. The Labute approximate surface area is 480 Å². The molecule has 0 atom stereocenters. The van der Waals surface area contributed by atoms with Crippen molar-refractivity contribution in [2.45, 2.75) is 10.8 Å². The van der Waals surface area contributed by atoms with Gasteiger partial charge in [-0.15, -0.1) is 0 Å². The molecule has 0 N–H and O–H groups in total. The van der Waals surface area contributed by atoms with E-state index in [1.54, 1.807) is 0 Å². The highest BCUT2D eigenvalue weighted by molar-refractivity contribution is 7.22. The molecule has 13 aromatic carbocycles. The van der Waals surface area contributed by atoms with Crippen LogP contribution in [0.4, 0.5) is 17.1 Å². The van der Waals surface area contributed by atoms with Crippen LogP contribution in [-0.4, -0.2) is 8.07 Å². The summed E-state index contributed by atoms with van der Waals surface area (Å²) in [5, 5.41) is 5.57. The number of nitrogens with zero attached hydrogens (tertiary/aromatic N) is 1. The largest absolute Gasteiger partial charge is 0.310 e. The average molecular weight is 1060 g/mol. The summed E-state index contributed by atoms with van der Waals surface area (Å²) in [5.41, 5.74) is 25.5. The molecule has 0 saturated heterocycles. The lowest BCUT2D eigenvalue weighted by molar-refractivity contribution is 0.768. The van der Waals surface area contributed by atoms with Crippen LogP contribution in [0.1, 0.15) is 44.5 Å². The van der Waals surface area contributed by atoms with E-state index >= 15 is 0 Å². The van der Waals surface area contributed by atoms with E-state index in [0.29, 0.717) is 0 Å².